The summed E-state index contributed by atoms with van der Waals surface area (Å²) in [6.07, 6.45) is 0.876. The van der Waals surface area contributed by atoms with E-state index in [0.717, 1.165) is 40.1 Å². The summed E-state index contributed by atoms with van der Waals surface area (Å²) < 4.78 is 33.3. The highest BCUT2D eigenvalue weighted by molar-refractivity contribution is 7.19. The van der Waals surface area contributed by atoms with Crippen molar-refractivity contribution < 1.29 is 13.5 Å². The van der Waals surface area contributed by atoms with Gasteiger partial charge < -0.3 is 15.4 Å². The Morgan fingerprint density at radius 3 is 2.71 bits per heavy atom. The molecule has 0 aliphatic carbocycles. The first kappa shape index (κ1) is 19.4. The molecule has 0 bridgehead atoms. The highest BCUT2D eigenvalue weighted by atomic mass is 35.5. The van der Waals surface area contributed by atoms with Crippen molar-refractivity contribution in [1.29, 1.82) is 0 Å². The quantitative estimate of drug-likeness (QED) is 0.634. The van der Waals surface area contributed by atoms with E-state index in [2.05, 4.69) is 14.9 Å². The molecule has 0 saturated carbocycles. The van der Waals surface area contributed by atoms with E-state index in [9.17, 15) is 8.78 Å². The van der Waals surface area contributed by atoms with Crippen LogP contribution >= 0.6 is 22.9 Å². The molecule has 1 fully saturated rings. The Morgan fingerprint density at radius 2 is 1.96 bits per heavy atom. The highest BCUT2D eigenvalue weighted by Crippen LogP contribution is 2.34. The van der Waals surface area contributed by atoms with Gasteiger partial charge in [-0.1, -0.05) is 6.07 Å². The van der Waals surface area contributed by atoms with Gasteiger partial charge in [-0.25, -0.2) is 13.8 Å². The van der Waals surface area contributed by atoms with Gasteiger partial charge in [0.1, 0.15) is 11.6 Å². The van der Waals surface area contributed by atoms with E-state index in [-0.39, 0.29) is 11.3 Å². The van der Waals surface area contributed by atoms with Crippen LogP contribution in [0.2, 0.25) is 5.28 Å². The van der Waals surface area contributed by atoms with Gasteiger partial charge in [-0.3, -0.25) is 0 Å². The predicted octanol–water partition coefficient (Wildman–Crippen LogP) is 3.57. The van der Waals surface area contributed by atoms with Crippen molar-refractivity contribution in [3.8, 4) is 0 Å². The average Bonchev–Trinajstić information content (AvgIpc) is 3.06. The zero-order chi connectivity index (χ0) is 19.7. The molecule has 3 heterocycles. The van der Waals surface area contributed by atoms with E-state index in [4.69, 9.17) is 22.1 Å². The van der Waals surface area contributed by atoms with Crippen LogP contribution in [0.4, 0.5) is 14.6 Å². The molecule has 2 N–H and O–H groups in total. The Kier molecular flexibility index (Phi) is 5.73. The number of aromatic nitrogens is 2. The van der Waals surface area contributed by atoms with Crippen molar-refractivity contribution in [2.24, 2.45) is 5.73 Å². The van der Waals surface area contributed by atoms with Crippen LogP contribution in [0.5, 0.6) is 0 Å². The number of hydrogen-bond acceptors (Lipinski definition) is 6. The molecule has 9 heteroatoms. The van der Waals surface area contributed by atoms with Crippen molar-refractivity contribution in [1.82, 2.24) is 9.97 Å². The molecular weight excluding hydrogens is 406 g/mol. The van der Waals surface area contributed by atoms with Crippen LogP contribution in [0.1, 0.15) is 10.4 Å². The number of fused-ring (bicyclic) bond motifs is 1. The number of rotatable bonds is 5. The van der Waals surface area contributed by atoms with E-state index < -0.39 is 11.6 Å². The van der Waals surface area contributed by atoms with Crippen LogP contribution in [0, 0.1) is 11.6 Å². The summed E-state index contributed by atoms with van der Waals surface area (Å²) in [5.41, 5.74) is 7.42. The zero-order valence-electron chi connectivity index (χ0n) is 15.0. The predicted molar refractivity (Wildman–Crippen MR) is 107 cm³/mol. The minimum absolute atomic E-state index is 0.205. The van der Waals surface area contributed by atoms with Crippen LogP contribution in [0.25, 0.3) is 10.2 Å². The van der Waals surface area contributed by atoms with Crippen molar-refractivity contribution >= 4 is 39.0 Å². The first-order valence-electron chi connectivity index (χ1n) is 8.98. The van der Waals surface area contributed by atoms with E-state index >= 15 is 0 Å². The fraction of sp³-hybridized carbons (Fsp3) is 0.368. The fourth-order valence-corrected chi connectivity index (χ4v) is 4.70. The Labute approximate surface area is 170 Å². The lowest BCUT2D eigenvalue weighted by atomic mass is 10.0. The molecule has 3 aromatic rings. The zero-order valence-corrected chi connectivity index (χ0v) is 16.6. The van der Waals surface area contributed by atoms with Crippen LogP contribution < -0.4 is 10.6 Å². The van der Waals surface area contributed by atoms with Gasteiger partial charge in [-0.15, -0.1) is 11.3 Å². The fourth-order valence-electron chi connectivity index (χ4n) is 3.33. The number of morpholine rings is 1. The summed E-state index contributed by atoms with van der Waals surface area (Å²) >= 11 is 7.69. The van der Waals surface area contributed by atoms with Gasteiger partial charge in [-0.05, 0) is 42.1 Å². The molecule has 1 saturated heterocycles. The number of nitrogens with two attached hydrogens (primary N) is 1. The van der Waals surface area contributed by atoms with Crippen molar-refractivity contribution in [2.75, 3.05) is 31.2 Å². The molecule has 2 aromatic heterocycles. The molecule has 1 atom stereocenters. The highest BCUT2D eigenvalue weighted by Gasteiger charge is 2.20. The van der Waals surface area contributed by atoms with Gasteiger partial charge in [0.2, 0.25) is 5.28 Å². The molecule has 4 rings (SSSR count). The lowest BCUT2D eigenvalue weighted by Gasteiger charge is -2.28. The Bertz CT molecular complexity index is 993. The minimum Gasteiger partial charge on any atom is -0.378 e. The van der Waals surface area contributed by atoms with E-state index in [1.54, 1.807) is 11.3 Å². The van der Waals surface area contributed by atoms with Crippen LogP contribution in [-0.4, -0.2) is 42.3 Å². The summed E-state index contributed by atoms with van der Waals surface area (Å²) in [5.74, 6) is -0.350. The number of hydrogen-bond donors (Lipinski definition) is 1. The van der Waals surface area contributed by atoms with E-state index in [1.807, 2.05) is 6.07 Å². The molecule has 1 aliphatic rings. The lowest BCUT2D eigenvalue weighted by molar-refractivity contribution is 0.122. The smallest absolute Gasteiger partial charge is 0.224 e. The van der Waals surface area contributed by atoms with Gasteiger partial charge in [0.15, 0.2) is 5.82 Å². The third-order valence-corrected chi connectivity index (χ3v) is 5.96. The SMILES string of the molecule is NC(Cc1cc2nc(Cl)nc(N3CCOCC3)c2s1)Cc1ccc(F)cc1F. The van der Waals surface area contributed by atoms with Crippen molar-refractivity contribution in [3.63, 3.8) is 0 Å². The Balaban J connectivity index is 1.55. The number of benzene rings is 1. The second kappa shape index (κ2) is 8.24. The second-order valence-electron chi connectivity index (χ2n) is 6.75. The number of thiophene rings is 1. The Hall–Kier alpha value is -1.87. The molecule has 5 nitrogen and oxygen atoms in total. The second-order valence-corrected chi connectivity index (χ2v) is 8.22. The van der Waals surface area contributed by atoms with Crippen LogP contribution in [0.15, 0.2) is 24.3 Å². The Morgan fingerprint density at radius 1 is 1.18 bits per heavy atom. The topological polar surface area (TPSA) is 64.3 Å². The van der Waals surface area contributed by atoms with Crippen LogP contribution in [-0.2, 0) is 17.6 Å². The number of nitrogens with zero attached hydrogens (tertiary/aromatic N) is 3. The molecule has 1 aromatic carbocycles. The maximum Gasteiger partial charge on any atom is 0.224 e. The number of ether oxygens (including phenoxy) is 1. The largest absolute Gasteiger partial charge is 0.378 e. The maximum absolute atomic E-state index is 13.9. The lowest BCUT2D eigenvalue weighted by Crippen LogP contribution is -2.36. The van der Waals surface area contributed by atoms with Gasteiger partial charge in [0.25, 0.3) is 0 Å². The summed E-state index contributed by atoms with van der Waals surface area (Å²) in [6.45, 7) is 2.79. The summed E-state index contributed by atoms with van der Waals surface area (Å²) in [7, 11) is 0. The first-order valence-corrected chi connectivity index (χ1v) is 10.2. The molecule has 28 heavy (non-hydrogen) atoms. The van der Waals surface area contributed by atoms with Crippen molar-refractivity contribution in [3.05, 3.63) is 51.6 Å². The standard InChI is InChI=1S/C19H19ClF2N4OS/c20-19-24-16-10-14(9-13(23)7-11-1-2-12(21)8-15(11)22)28-17(16)18(25-19)26-3-5-27-6-4-26/h1-2,8,10,13H,3-7,9,23H2. The third-order valence-electron chi connectivity index (χ3n) is 4.65. The molecule has 148 valence electrons. The number of anilines is 1. The number of halogens is 3. The van der Waals surface area contributed by atoms with Gasteiger partial charge in [0.05, 0.1) is 23.4 Å². The molecule has 0 radical (unpaired) electrons. The average molecular weight is 425 g/mol. The van der Waals surface area contributed by atoms with Gasteiger partial charge in [0, 0.05) is 30.1 Å². The molecular formula is C19H19ClF2N4OS. The minimum atomic E-state index is -0.592. The first-order chi connectivity index (χ1) is 13.5. The molecule has 1 aliphatic heterocycles. The monoisotopic (exact) mass is 424 g/mol. The summed E-state index contributed by atoms with van der Waals surface area (Å²) in [4.78, 5) is 11.9. The molecule has 0 spiro atoms. The normalized spacial score (nSPS) is 15.9. The molecule has 1 unspecified atom stereocenters. The third kappa shape index (κ3) is 4.25. The van der Waals surface area contributed by atoms with Gasteiger partial charge in [-0.2, -0.15) is 4.98 Å². The molecule has 0 amide bonds. The summed E-state index contributed by atoms with van der Waals surface area (Å²) in [5, 5.41) is 0.205. The van der Waals surface area contributed by atoms with Crippen LogP contribution in [0.3, 0.4) is 0 Å². The van der Waals surface area contributed by atoms with Crippen molar-refractivity contribution in [2.45, 2.75) is 18.9 Å². The maximum atomic E-state index is 13.9. The summed E-state index contributed by atoms with van der Waals surface area (Å²) in [6, 6.07) is 5.23. The van der Waals surface area contributed by atoms with E-state index in [1.165, 1.54) is 12.1 Å². The van der Waals surface area contributed by atoms with E-state index in [0.29, 0.717) is 31.6 Å². The van der Waals surface area contributed by atoms with Gasteiger partial charge >= 0.3 is 0 Å².